The van der Waals surface area contributed by atoms with Gasteiger partial charge in [0.1, 0.15) is 5.75 Å². The molecule has 1 aliphatic heterocycles. The lowest BCUT2D eigenvalue weighted by Crippen LogP contribution is -2.35. The van der Waals surface area contributed by atoms with Crippen LogP contribution < -0.4 is 14.4 Å². The predicted molar refractivity (Wildman–Crippen MR) is 117 cm³/mol. The van der Waals surface area contributed by atoms with Gasteiger partial charge in [0.15, 0.2) is 6.61 Å². The number of aromatic nitrogens is 1. The molecule has 7 nitrogen and oxygen atoms in total. The number of benzene rings is 2. The van der Waals surface area contributed by atoms with Crippen molar-refractivity contribution in [1.29, 1.82) is 0 Å². The fourth-order valence-corrected chi connectivity index (χ4v) is 5.03. The van der Waals surface area contributed by atoms with Crippen molar-refractivity contribution >= 4 is 21.6 Å². The van der Waals surface area contributed by atoms with E-state index in [0.717, 1.165) is 29.7 Å². The maximum Gasteiger partial charge on any atom is 0.264 e. The van der Waals surface area contributed by atoms with Crippen LogP contribution in [0, 0.1) is 0 Å². The van der Waals surface area contributed by atoms with Gasteiger partial charge in [-0.25, -0.2) is 8.42 Å². The number of nitrogens with one attached hydrogen (secondary N) is 1. The van der Waals surface area contributed by atoms with Crippen molar-refractivity contribution in [3.8, 4) is 5.75 Å². The SMILES string of the molecule is O=C(COc1ccc(S(=O)(=O)N2CCCc3ccccc32)cc1)NCc1cccnc1. The topological polar surface area (TPSA) is 88.6 Å². The Morgan fingerprint density at radius 1 is 1.06 bits per heavy atom. The average molecular weight is 438 g/mol. The summed E-state index contributed by atoms with van der Waals surface area (Å²) < 4.78 is 33.3. The van der Waals surface area contributed by atoms with Gasteiger partial charge in [-0.1, -0.05) is 24.3 Å². The van der Waals surface area contributed by atoms with E-state index in [1.807, 2.05) is 30.3 Å². The molecule has 2 heterocycles. The summed E-state index contributed by atoms with van der Waals surface area (Å²) in [4.78, 5) is 16.2. The van der Waals surface area contributed by atoms with Crippen molar-refractivity contribution in [2.45, 2.75) is 24.3 Å². The van der Waals surface area contributed by atoms with Crippen molar-refractivity contribution in [1.82, 2.24) is 10.3 Å². The molecule has 3 aromatic rings. The van der Waals surface area contributed by atoms with E-state index >= 15 is 0 Å². The fraction of sp³-hybridized carbons (Fsp3) is 0.217. The first kappa shape index (κ1) is 20.9. The number of sulfonamides is 1. The Labute approximate surface area is 181 Å². The van der Waals surface area contributed by atoms with E-state index in [0.29, 0.717) is 18.8 Å². The molecule has 31 heavy (non-hydrogen) atoms. The number of fused-ring (bicyclic) bond motifs is 1. The summed E-state index contributed by atoms with van der Waals surface area (Å²) in [6.07, 6.45) is 5.01. The minimum atomic E-state index is -3.67. The van der Waals surface area contributed by atoms with Crippen molar-refractivity contribution in [3.63, 3.8) is 0 Å². The van der Waals surface area contributed by atoms with Crippen LogP contribution in [0.3, 0.4) is 0 Å². The van der Waals surface area contributed by atoms with Crippen LogP contribution in [0.5, 0.6) is 5.75 Å². The molecule has 1 aromatic heterocycles. The molecule has 1 amide bonds. The quantitative estimate of drug-likeness (QED) is 0.614. The molecule has 160 valence electrons. The van der Waals surface area contributed by atoms with E-state index in [2.05, 4.69) is 10.3 Å². The number of ether oxygens (including phenoxy) is 1. The third-order valence-electron chi connectivity index (χ3n) is 5.06. The van der Waals surface area contributed by atoms with Crippen LogP contribution in [0.4, 0.5) is 5.69 Å². The predicted octanol–water partition coefficient (Wildman–Crippen LogP) is 2.92. The zero-order chi connectivity index (χ0) is 21.7. The Kier molecular flexibility index (Phi) is 6.18. The number of para-hydroxylation sites is 1. The van der Waals surface area contributed by atoms with Gasteiger partial charge in [-0.3, -0.25) is 14.1 Å². The number of amides is 1. The number of carbonyl (C=O) groups excluding carboxylic acids is 1. The molecule has 1 N–H and O–H groups in total. The molecule has 0 atom stereocenters. The second kappa shape index (κ2) is 9.18. The zero-order valence-electron chi connectivity index (χ0n) is 16.9. The summed E-state index contributed by atoms with van der Waals surface area (Å²) in [6.45, 7) is 0.658. The smallest absolute Gasteiger partial charge is 0.264 e. The summed E-state index contributed by atoms with van der Waals surface area (Å²) in [5, 5.41) is 2.75. The number of pyridine rings is 1. The first-order chi connectivity index (χ1) is 15.0. The van der Waals surface area contributed by atoms with Crippen molar-refractivity contribution < 1.29 is 17.9 Å². The molecule has 0 radical (unpaired) electrons. The van der Waals surface area contributed by atoms with Crippen molar-refractivity contribution in [2.24, 2.45) is 0 Å². The lowest BCUT2D eigenvalue weighted by atomic mass is 10.0. The highest BCUT2D eigenvalue weighted by atomic mass is 32.2. The molecular formula is C23H23N3O4S. The minimum Gasteiger partial charge on any atom is -0.484 e. The first-order valence-corrected chi connectivity index (χ1v) is 11.5. The molecule has 0 aliphatic carbocycles. The Hall–Kier alpha value is -3.39. The second-order valence-electron chi connectivity index (χ2n) is 7.21. The molecule has 1 aliphatic rings. The normalized spacial score (nSPS) is 13.4. The van der Waals surface area contributed by atoms with Gasteiger partial charge in [0.2, 0.25) is 0 Å². The second-order valence-corrected chi connectivity index (χ2v) is 9.07. The number of aryl methyl sites for hydroxylation is 1. The molecular weight excluding hydrogens is 414 g/mol. The molecule has 0 saturated heterocycles. The lowest BCUT2D eigenvalue weighted by molar-refractivity contribution is -0.123. The standard InChI is InChI=1S/C23H23N3O4S/c27-23(25-16-18-5-3-13-24-15-18)17-30-20-9-11-21(12-10-20)31(28,29)26-14-4-7-19-6-1-2-8-22(19)26/h1-3,5-6,8-13,15H,4,7,14,16-17H2,(H,25,27). The molecule has 0 fully saturated rings. The molecule has 0 unspecified atom stereocenters. The van der Waals surface area contributed by atoms with Gasteiger partial charge < -0.3 is 10.1 Å². The average Bonchev–Trinajstić information content (AvgIpc) is 2.82. The van der Waals surface area contributed by atoms with Gasteiger partial charge in [0.05, 0.1) is 10.6 Å². The summed E-state index contributed by atoms with van der Waals surface area (Å²) in [5.74, 6) is 0.153. The highest BCUT2D eigenvalue weighted by Crippen LogP contribution is 2.32. The van der Waals surface area contributed by atoms with Gasteiger partial charge >= 0.3 is 0 Å². The number of hydrogen-bond acceptors (Lipinski definition) is 5. The Balaban J connectivity index is 1.37. The number of hydrogen-bond donors (Lipinski definition) is 1. The molecule has 2 aromatic carbocycles. The Morgan fingerprint density at radius 3 is 2.65 bits per heavy atom. The van der Waals surface area contributed by atoms with Gasteiger partial charge in [-0.05, 0) is 60.4 Å². The van der Waals surface area contributed by atoms with Gasteiger partial charge in [0.25, 0.3) is 15.9 Å². The summed E-state index contributed by atoms with van der Waals surface area (Å²) in [5.41, 5.74) is 2.67. The first-order valence-electron chi connectivity index (χ1n) is 10.0. The van der Waals surface area contributed by atoms with Gasteiger partial charge in [-0.15, -0.1) is 0 Å². The van der Waals surface area contributed by atoms with Gasteiger partial charge in [-0.2, -0.15) is 0 Å². The van der Waals surface area contributed by atoms with Crippen LogP contribution in [0.2, 0.25) is 0 Å². The van der Waals surface area contributed by atoms with Gasteiger partial charge in [0, 0.05) is 25.5 Å². The van der Waals surface area contributed by atoms with E-state index in [4.69, 9.17) is 4.74 Å². The number of nitrogens with zero attached hydrogens (tertiary/aromatic N) is 2. The molecule has 0 bridgehead atoms. The zero-order valence-corrected chi connectivity index (χ0v) is 17.7. The van der Waals surface area contributed by atoms with Crippen LogP contribution in [0.1, 0.15) is 17.5 Å². The van der Waals surface area contributed by atoms with E-state index in [-0.39, 0.29) is 17.4 Å². The van der Waals surface area contributed by atoms with E-state index < -0.39 is 10.0 Å². The van der Waals surface area contributed by atoms with Crippen LogP contribution in [-0.2, 0) is 27.8 Å². The van der Waals surface area contributed by atoms with Crippen LogP contribution >= 0.6 is 0 Å². The molecule has 0 spiro atoms. The minimum absolute atomic E-state index is 0.161. The third kappa shape index (κ3) is 4.86. The van der Waals surface area contributed by atoms with E-state index in [9.17, 15) is 13.2 Å². The van der Waals surface area contributed by atoms with Crippen molar-refractivity contribution in [2.75, 3.05) is 17.5 Å². The maximum atomic E-state index is 13.2. The highest BCUT2D eigenvalue weighted by Gasteiger charge is 2.28. The van der Waals surface area contributed by atoms with Crippen LogP contribution in [0.25, 0.3) is 0 Å². The van der Waals surface area contributed by atoms with Crippen LogP contribution in [0.15, 0.2) is 78.0 Å². The number of anilines is 1. The van der Waals surface area contributed by atoms with E-state index in [1.54, 1.807) is 30.6 Å². The Morgan fingerprint density at radius 2 is 1.87 bits per heavy atom. The fourth-order valence-electron chi connectivity index (χ4n) is 3.49. The Bertz CT molecular complexity index is 1150. The monoisotopic (exact) mass is 437 g/mol. The lowest BCUT2D eigenvalue weighted by Gasteiger charge is -2.30. The molecule has 0 saturated carbocycles. The summed E-state index contributed by atoms with van der Waals surface area (Å²) in [6, 6.07) is 17.4. The third-order valence-corrected chi connectivity index (χ3v) is 6.89. The molecule has 8 heteroatoms. The maximum absolute atomic E-state index is 13.2. The largest absolute Gasteiger partial charge is 0.484 e. The summed E-state index contributed by atoms with van der Waals surface area (Å²) in [7, 11) is -3.67. The highest BCUT2D eigenvalue weighted by molar-refractivity contribution is 7.92. The number of rotatable bonds is 7. The van der Waals surface area contributed by atoms with Crippen molar-refractivity contribution in [3.05, 3.63) is 84.2 Å². The van der Waals surface area contributed by atoms with E-state index in [1.165, 1.54) is 16.4 Å². The molecule has 4 rings (SSSR count). The van der Waals surface area contributed by atoms with Crippen LogP contribution in [-0.4, -0.2) is 32.5 Å². The summed E-state index contributed by atoms with van der Waals surface area (Å²) >= 11 is 0. The number of carbonyl (C=O) groups is 1.